The molecule has 0 spiro atoms. The van der Waals surface area contributed by atoms with Gasteiger partial charge in [-0.25, -0.2) is 0 Å². The van der Waals surface area contributed by atoms with Gasteiger partial charge in [0.05, 0.1) is 23.9 Å². The van der Waals surface area contributed by atoms with E-state index in [-0.39, 0.29) is 6.42 Å². The Balaban J connectivity index is 1.95. The number of benzene rings is 2. The number of nitrogens with zero attached hydrogens (tertiary/aromatic N) is 1. The number of ether oxygens (including phenoxy) is 1. The average Bonchev–Trinajstić information content (AvgIpc) is 2.56. The number of anilines is 2. The topological polar surface area (TPSA) is 91.2 Å². The van der Waals surface area contributed by atoms with Gasteiger partial charge in [0.25, 0.3) is 0 Å². The van der Waals surface area contributed by atoms with Gasteiger partial charge in [-0.1, -0.05) is 18.2 Å². The highest BCUT2D eigenvalue weighted by Gasteiger charge is 2.12. The molecule has 24 heavy (non-hydrogen) atoms. The molecule has 6 heteroatoms. The second-order valence-electron chi connectivity index (χ2n) is 4.89. The third kappa shape index (κ3) is 4.85. The van der Waals surface area contributed by atoms with Crippen LogP contribution in [-0.2, 0) is 9.59 Å². The predicted molar refractivity (Wildman–Crippen MR) is 90.6 cm³/mol. The lowest BCUT2D eigenvalue weighted by Crippen LogP contribution is -2.21. The highest BCUT2D eigenvalue weighted by atomic mass is 16.5. The third-order valence-corrected chi connectivity index (χ3v) is 3.06. The number of carbonyl (C=O) groups excluding carboxylic acids is 2. The van der Waals surface area contributed by atoms with E-state index in [1.165, 1.54) is 0 Å². The van der Waals surface area contributed by atoms with Crippen molar-refractivity contribution in [2.24, 2.45) is 0 Å². The molecule has 0 atom stereocenters. The minimum absolute atomic E-state index is 0.336. The van der Waals surface area contributed by atoms with Crippen molar-refractivity contribution in [3.05, 3.63) is 54.1 Å². The van der Waals surface area contributed by atoms with Crippen LogP contribution in [-0.4, -0.2) is 18.4 Å². The SMILES string of the molecule is CCOc1ccccc1NC(=O)CC(=O)Nc1cccc(C#N)c1. The van der Waals surface area contributed by atoms with Crippen molar-refractivity contribution in [3.63, 3.8) is 0 Å². The van der Waals surface area contributed by atoms with Crippen molar-refractivity contribution in [2.75, 3.05) is 17.2 Å². The zero-order valence-corrected chi connectivity index (χ0v) is 13.2. The van der Waals surface area contributed by atoms with E-state index < -0.39 is 11.8 Å². The Morgan fingerprint density at radius 3 is 2.58 bits per heavy atom. The fraction of sp³-hybridized carbons (Fsp3) is 0.167. The van der Waals surface area contributed by atoms with E-state index in [2.05, 4.69) is 10.6 Å². The second-order valence-corrected chi connectivity index (χ2v) is 4.89. The summed E-state index contributed by atoms with van der Waals surface area (Å²) in [5.41, 5.74) is 1.42. The van der Waals surface area contributed by atoms with Gasteiger partial charge < -0.3 is 15.4 Å². The average molecular weight is 323 g/mol. The minimum atomic E-state index is -0.462. The molecule has 0 heterocycles. The fourth-order valence-corrected chi connectivity index (χ4v) is 2.06. The predicted octanol–water partition coefficient (Wildman–Crippen LogP) is 2.92. The quantitative estimate of drug-likeness (QED) is 0.800. The van der Waals surface area contributed by atoms with Crippen molar-refractivity contribution in [2.45, 2.75) is 13.3 Å². The first-order valence-electron chi connectivity index (χ1n) is 7.44. The van der Waals surface area contributed by atoms with Gasteiger partial charge in [-0.15, -0.1) is 0 Å². The Bertz CT molecular complexity index is 781. The number of carbonyl (C=O) groups is 2. The number of para-hydroxylation sites is 2. The number of nitriles is 1. The summed E-state index contributed by atoms with van der Waals surface area (Å²) in [6.45, 7) is 2.32. The van der Waals surface area contributed by atoms with Crippen molar-refractivity contribution in [1.82, 2.24) is 0 Å². The van der Waals surface area contributed by atoms with Crippen LogP contribution in [0.5, 0.6) is 5.75 Å². The first kappa shape index (κ1) is 17.0. The Kier molecular flexibility index (Phi) is 5.92. The molecule has 0 aromatic heterocycles. The van der Waals surface area contributed by atoms with Gasteiger partial charge in [-0.3, -0.25) is 9.59 Å². The molecule has 122 valence electrons. The summed E-state index contributed by atoms with van der Waals surface area (Å²) in [4.78, 5) is 24.0. The van der Waals surface area contributed by atoms with Crippen LogP contribution in [0.15, 0.2) is 48.5 Å². The molecule has 6 nitrogen and oxygen atoms in total. The summed E-state index contributed by atoms with van der Waals surface area (Å²) < 4.78 is 5.42. The lowest BCUT2D eigenvalue weighted by atomic mass is 10.2. The zero-order valence-electron chi connectivity index (χ0n) is 13.2. The van der Waals surface area contributed by atoms with Crippen LogP contribution in [0, 0.1) is 11.3 Å². The molecule has 0 aliphatic heterocycles. The molecule has 2 N–H and O–H groups in total. The lowest BCUT2D eigenvalue weighted by molar-refractivity contribution is -0.123. The van der Waals surface area contributed by atoms with E-state index in [1.807, 2.05) is 13.0 Å². The maximum Gasteiger partial charge on any atom is 0.233 e. The Morgan fingerprint density at radius 1 is 1.08 bits per heavy atom. The van der Waals surface area contributed by atoms with Gasteiger partial charge in [-0.05, 0) is 37.3 Å². The van der Waals surface area contributed by atoms with Crippen LogP contribution in [0.3, 0.4) is 0 Å². The lowest BCUT2D eigenvalue weighted by Gasteiger charge is -2.11. The Hall–Kier alpha value is -3.33. The van der Waals surface area contributed by atoms with Crippen molar-refractivity contribution >= 4 is 23.2 Å². The monoisotopic (exact) mass is 323 g/mol. The van der Waals surface area contributed by atoms with Crippen LogP contribution in [0.2, 0.25) is 0 Å². The standard InChI is InChI=1S/C18H17N3O3/c1-2-24-16-9-4-3-8-15(16)21-18(23)11-17(22)20-14-7-5-6-13(10-14)12-19/h3-10H,2,11H2,1H3,(H,20,22)(H,21,23). The molecule has 2 aromatic rings. The molecule has 0 bridgehead atoms. The summed E-state index contributed by atoms with van der Waals surface area (Å²) in [7, 11) is 0. The Morgan fingerprint density at radius 2 is 1.83 bits per heavy atom. The molecule has 0 saturated heterocycles. The third-order valence-electron chi connectivity index (χ3n) is 3.06. The molecular formula is C18H17N3O3. The van der Waals surface area contributed by atoms with E-state index in [0.717, 1.165) is 0 Å². The minimum Gasteiger partial charge on any atom is -0.492 e. The summed E-state index contributed by atoms with van der Waals surface area (Å²) in [6.07, 6.45) is -0.336. The number of hydrogen-bond acceptors (Lipinski definition) is 4. The maximum absolute atomic E-state index is 12.0. The highest BCUT2D eigenvalue weighted by Crippen LogP contribution is 2.23. The van der Waals surface area contributed by atoms with E-state index >= 15 is 0 Å². The largest absolute Gasteiger partial charge is 0.492 e. The molecule has 0 fully saturated rings. The number of rotatable bonds is 6. The highest BCUT2D eigenvalue weighted by molar-refractivity contribution is 6.08. The molecule has 0 saturated carbocycles. The van der Waals surface area contributed by atoms with Gasteiger partial charge >= 0.3 is 0 Å². The molecule has 0 radical (unpaired) electrons. The van der Waals surface area contributed by atoms with Crippen molar-refractivity contribution in [3.8, 4) is 11.8 Å². The van der Waals surface area contributed by atoms with Crippen molar-refractivity contribution in [1.29, 1.82) is 5.26 Å². The second kappa shape index (κ2) is 8.34. The summed E-state index contributed by atoms with van der Waals surface area (Å²) >= 11 is 0. The van der Waals surface area contributed by atoms with Gasteiger partial charge in [0.15, 0.2) is 0 Å². The Labute approximate surface area is 140 Å². The zero-order chi connectivity index (χ0) is 17.4. The fourth-order valence-electron chi connectivity index (χ4n) is 2.06. The van der Waals surface area contributed by atoms with E-state index in [0.29, 0.717) is 29.3 Å². The van der Waals surface area contributed by atoms with Gasteiger partial charge in [0.1, 0.15) is 12.2 Å². The van der Waals surface area contributed by atoms with Gasteiger partial charge in [0, 0.05) is 5.69 Å². The molecule has 0 aliphatic rings. The van der Waals surface area contributed by atoms with Gasteiger partial charge in [0.2, 0.25) is 11.8 Å². The van der Waals surface area contributed by atoms with E-state index in [1.54, 1.807) is 48.5 Å². The smallest absolute Gasteiger partial charge is 0.233 e. The number of nitrogens with one attached hydrogen (secondary N) is 2. The maximum atomic E-state index is 12.0. The van der Waals surface area contributed by atoms with Crippen LogP contribution in [0.25, 0.3) is 0 Å². The molecule has 2 amide bonds. The molecule has 2 rings (SSSR count). The molecule has 0 unspecified atom stereocenters. The van der Waals surface area contributed by atoms with Crippen LogP contribution >= 0.6 is 0 Å². The summed E-state index contributed by atoms with van der Waals surface area (Å²) in [5.74, 6) is -0.358. The molecule has 2 aromatic carbocycles. The van der Waals surface area contributed by atoms with E-state index in [4.69, 9.17) is 10.00 Å². The number of hydrogen-bond donors (Lipinski definition) is 2. The van der Waals surface area contributed by atoms with Crippen LogP contribution in [0.1, 0.15) is 18.9 Å². The summed E-state index contributed by atoms with van der Waals surface area (Å²) in [6, 6.07) is 15.5. The van der Waals surface area contributed by atoms with E-state index in [9.17, 15) is 9.59 Å². The van der Waals surface area contributed by atoms with Crippen LogP contribution < -0.4 is 15.4 Å². The first-order chi connectivity index (χ1) is 11.6. The van der Waals surface area contributed by atoms with Crippen molar-refractivity contribution < 1.29 is 14.3 Å². The number of amides is 2. The molecule has 0 aliphatic carbocycles. The molecular weight excluding hydrogens is 306 g/mol. The van der Waals surface area contributed by atoms with Crippen LogP contribution in [0.4, 0.5) is 11.4 Å². The summed E-state index contributed by atoms with van der Waals surface area (Å²) in [5, 5.41) is 14.1. The van der Waals surface area contributed by atoms with Gasteiger partial charge in [-0.2, -0.15) is 5.26 Å². The first-order valence-corrected chi connectivity index (χ1v) is 7.44. The normalized spacial score (nSPS) is 9.67.